The van der Waals surface area contributed by atoms with Crippen LogP contribution in [0.2, 0.25) is 0 Å². The maximum absolute atomic E-state index is 13.2. The van der Waals surface area contributed by atoms with Gasteiger partial charge in [-0.15, -0.1) is 5.10 Å². The van der Waals surface area contributed by atoms with E-state index in [1.54, 1.807) is 4.90 Å². The first-order valence-corrected chi connectivity index (χ1v) is 9.69. The summed E-state index contributed by atoms with van der Waals surface area (Å²) in [5.74, 6) is 0.264. The lowest BCUT2D eigenvalue weighted by molar-refractivity contribution is -0.137. The second kappa shape index (κ2) is 9.08. The predicted molar refractivity (Wildman–Crippen MR) is 102 cm³/mol. The molecule has 11 heteroatoms. The van der Waals surface area contributed by atoms with Gasteiger partial charge in [-0.05, 0) is 16.0 Å². The molecule has 3 heterocycles. The third-order valence-corrected chi connectivity index (χ3v) is 5.25. The van der Waals surface area contributed by atoms with Crippen molar-refractivity contribution < 1.29 is 13.6 Å². The van der Waals surface area contributed by atoms with Gasteiger partial charge in [-0.25, -0.2) is 9.67 Å². The van der Waals surface area contributed by atoms with E-state index in [9.17, 15) is 13.6 Å². The molecule has 1 aliphatic heterocycles. The number of imidazole rings is 1. The van der Waals surface area contributed by atoms with Crippen molar-refractivity contribution >= 4 is 5.91 Å². The Bertz CT molecular complexity index is 939. The van der Waals surface area contributed by atoms with E-state index in [-0.39, 0.29) is 5.91 Å². The van der Waals surface area contributed by atoms with Crippen LogP contribution in [0.1, 0.15) is 24.0 Å². The molecule has 30 heavy (non-hydrogen) atoms. The molecule has 0 radical (unpaired) electrons. The number of amides is 1. The first-order valence-electron chi connectivity index (χ1n) is 9.69. The van der Waals surface area contributed by atoms with Gasteiger partial charge in [0.25, 0.3) is 0 Å². The third kappa shape index (κ3) is 4.51. The minimum Gasteiger partial charge on any atom is -0.338 e. The molecule has 3 aromatic rings. The summed E-state index contributed by atoms with van der Waals surface area (Å²) < 4.78 is 28.4. The second-order valence-electron chi connectivity index (χ2n) is 7.13. The first kappa shape index (κ1) is 20.1. The molecule has 0 saturated carbocycles. The number of carbonyl (C=O) groups is 1. The molecule has 1 fully saturated rings. The zero-order valence-electron chi connectivity index (χ0n) is 16.3. The maximum atomic E-state index is 13.2. The Morgan fingerprint density at radius 3 is 2.53 bits per heavy atom. The fraction of sp³-hybridized carbons (Fsp3) is 0.421. The van der Waals surface area contributed by atoms with Crippen LogP contribution in [0.15, 0.2) is 49.1 Å². The molecule has 1 unspecified atom stereocenters. The zero-order valence-corrected chi connectivity index (χ0v) is 16.3. The molecule has 0 bridgehead atoms. The van der Waals surface area contributed by atoms with Gasteiger partial charge >= 0.3 is 6.55 Å². The Kier molecular flexibility index (Phi) is 6.07. The lowest BCUT2D eigenvalue weighted by atomic mass is 10.0. The first-order chi connectivity index (χ1) is 14.6. The van der Waals surface area contributed by atoms with Gasteiger partial charge in [0, 0.05) is 45.0 Å². The molecule has 0 N–H and O–H groups in total. The van der Waals surface area contributed by atoms with Crippen molar-refractivity contribution in [2.24, 2.45) is 0 Å². The van der Waals surface area contributed by atoms with Crippen molar-refractivity contribution in [1.82, 2.24) is 39.6 Å². The number of tetrazole rings is 1. The number of carbonyl (C=O) groups excluding carboxylic acids is 1. The van der Waals surface area contributed by atoms with Crippen molar-refractivity contribution in [2.45, 2.75) is 25.6 Å². The van der Waals surface area contributed by atoms with Crippen LogP contribution in [0, 0.1) is 0 Å². The van der Waals surface area contributed by atoms with Gasteiger partial charge in [-0.1, -0.05) is 30.3 Å². The molecule has 1 atom stereocenters. The highest BCUT2D eigenvalue weighted by Crippen LogP contribution is 2.19. The summed E-state index contributed by atoms with van der Waals surface area (Å²) in [5.41, 5.74) is 1.02. The summed E-state index contributed by atoms with van der Waals surface area (Å²) in [4.78, 5) is 21.1. The van der Waals surface area contributed by atoms with Crippen LogP contribution in [0.25, 0.3) is 0 Å². The molecule has 2 aromatic heterocycles. The Hall–Kier alpha value is -3.21. The number of piperazine rings is 1. The second-order valence-corrected chi connectivity index (χ2v) is 7.13. The number of aromatic nitrogens is 6. The number of nitrogens with zero attached hydrogens (tertiary/aromatic N) is 8. The van der Waals surface area contributed by atoms with Crippen molar-refractivity contribution in [1.29, 1.82) is 0 Å². The number of benzene rings is 1. The summed E-state index contributed by atoms with van der Waals surface area (Å²) in [6.07, 6.45) is 4.59. The van der Waals surface area contributed by atoms with Crippen molar-refractivity contribution in [3.8, 4) is 0 Å². The summed E-state index contributed by atoms with van der Waals surface area (Å²) in [7, 11) is 0. The number of rotatable bonds is 7. The summed E-state index contributed by atoms with van der Waals surface area (Å²) in [6, 6.07) is 9.18. The summed E-state index contributed by atoms with van der Waals surface area (Å²) in [6.45, 7) is -0.130. The molecule has 1 amide bonds. The molecular formula is C19H22F2N8O. The minimum absolute atomic E-state index is 0.0557. The molecule has 0 aliphatic carbocycles. The van der Waals surface area contributed by atoms with Crippen LogP contribution in [0.5, 0.6) is 0 Å². The van der Waals surface area contributed by atoms with Gasteiger partial charge in [0.05, 0.1) is 6.54 Å². The topological polar surface area (TPSA) is 85.0 Å². The summed E-state index contributed by atoms with van der Waals surface area (Å²) in [5, 5.41) is 11.3. The fourth-order valence-electron chi connectivity index (χ4n) is 3.62. The molecule has 4 rings (SSSR count). The highest BCUT2D eigenvalue weighted by atomic mass is 19.3. The van der Waals surface area contributed by atoms with Gasteiger partial charge in [0.1, 0.15) is 18.2 Å². The highest BCUT2D eigenvalue weighted by Gasteiger charge is 2.30. The standard InChI is InChI=1S/C19H22F2N8O/c20-19(21)28-7-6-22-17(28)13-26-8-10-27(11-9-26)18(30)16(29-14-23-24-25-29)12-15-4-2-1-3-5-15/h1-7,14,16,19H,8-13H2. The molecule has 1 saturated heterocycles. The van der Waals surface area contributed by atoms with Crippen LogP contribution < -0.4 is 0 Å². The smallest absolute Gasteiger partial charge is 0.319 e. The van der Waals surface area contributed by atoms with E-state index in [1.807, 2.05) is 35.2 Å². The average molecular weight is 416 g/mol. The quantitative estimate of drug-likeness (QED) is 0.579. The average Bonchev–Trinajstić information content (AvgIpc) is 3.45. The van der Waals surface area contributed by atoms with Crippen LogP contribution in [-0.4, -0.2) is 71.6 Å². The Balaban J connectivity index is 1.40. The predicted octanol–water partition coefficient (Wildman–Crippen LogP) is 1.39. The molecule has 158 valence electrons. The number of hydrogen-bond donors (Lipinski definition) is 0. The third-order valence-electron chi connectivity index (χ3n) is 5.25. The van der Waals surface area contributed by atoms with Gasteiger partial charge in [0.15, 0.2) is 0 Å². The largest absolute Gasteiger partial charge is 0.338 e. The molecule has 1 aliphatic rings. The van der Waals surface area contributed by atoms with E-state index in [2.05, 4.69) is 20.5 Å². The SMILES string of the molecule is O=C(C(Cc1ccccc1)n1cnnn1)N1CCN(Cc2nccn2C(F)F)CC1. The normalized spacial score (nSPS) is 16.2. The monoisotopic (exact) mass is 416 g/mol. The Morgan fingerprint density at radius 2 is 1.87 bits per heavy atom. The van der Waals surface area contributed by atoms with E-state index in [1.165, 1.54) is 23.4 Å². The van der Waals surface area contributed by atoms with Crippen LogP contribution in [0.3, 0.4) is 0 Å². The molecular weight excluding hydrogens is 394 g/mol. The van der Waals surface area contributed by atoms with Crippen molar-refractivity contribution in [3.63, 3.8) is 0 Å². The Morgan fingerprint density at radius 1 is 1.10 bits per heavy atom. The van der Waals surface area contributed by atoms with Crippen LogP contribution in [-0.2, 0) is 17.8 Å². The number of halogens is 2. The zero-order chi connectivity index (χ0) is 20.9. The van der Waals surface area contributed by atoms with Crippen molar-refractivity contribution in [3.05, 3.63) is 60.4 Å². The van der Waals surface area contributed by atoms with Crippen LogP contribution >= 0.6 is 0 Å². The van der Waals surface area contributed by atoms with Gasteiger partial charge < -0.3 is 4.90 Å². The highest BCUT2D eigenvalue weighted by molar-refractivity contribution is 5.80. The van der Waals surface area contributed by atoms with Gasteiger partial charge in [0.2, 0.25) is 5.91 Å². The lowest BCUT2D eigenvalue weighted by Crippen LogP contribution is -2.50. The maximum Gasteiger partial charge on any atom is 0.319 e. The molecule has 1 aromatic carbocycles. The molecule has 0 spiro atoms. The Labute approximate surface area is 171 Å². The van der Waals surface area contributed by atoms with E-state index in [0.29, 0.717) is 45.0 Å². The van der Waals surface area contributed by atoms with Gasteiger partial charge in [-0.2, -0.15) is 8.78 Å². The number of alkyl halides is 2. The van der Waals surface area contributed by atoms with E-state index in [0.717, 1.165) is 10.1 Å². The van der Waals surface area contributed by atoms with E-state index < -0.39 is 12.6 Å². The van der Waals surface area contributed by atoms with E-state index in [4.69, 9.17) is 0 Å². The minimum atomic E-state index is -2.61. The molecule has 9 nitrogen and oxygen atoms in total. The number of hydrogen-bond acceptors (Lipinski definition) is 6. The van der Waals surface area contributed by atoms with Gasteiger partial charge in [-0.3, -0.25) is 14.3 Å². The van der Waals surface area contributed by atoms with E-state index >= 15 is 0 Å². The van der Waals surface area contributed by atoms with Crippen molar-refractivity contribution in [2.75, 3.05) is 26.2 Å². The van der Waals surface area contributed by atoms with Crippen LogP contribution in [0.4, 0.5) is 8.78 Å². The summed E-state index contributed by atoms with van der Waals surface area (Å²) >= 11 is 0. The fourth-order valence-corrected chi connectivity index (χ4v) is 3.62. The lowest BCUT2D eigenvalue weighted by Gasteiger charge is -2.36.